The fourth-order valence-electron chi connectivity index (χ4n) is 4.97. The van der Waals surface area contributed by atoms with Gasteiger partial charge in [-0.05, 0) is 31.0 Å². The molecule has 182 valence electrons. The molecule has 1 saturated heterocycles. The number of ether oxygens (including phenoxy) is 2. The lowest BCUT2D eigenvalue weighted by atomic mass is 9.95. The molecule has 0 atom stereocenters. The van der Waals surface area contributed by atoms with Crippen LogP contribution in [0.3, 0.4) is 0 Å². The number of para-hydroxylation sites is 2. The molecule has 0 radical (unpaired) electrons. The fourth-order valence-corrected chi connectivity index (χ4v) is 4.97. The average Bonchev–Trinajstić information content (AvgIpc) is 3.42. The van der Waals surface area contributed by atoms with Crippen LogP contribution >= 0.6 is 0 Å². The van der Waals surface area contributed by atoms with Gasteiger partial charge in [0.25, 0.3) is 5.91 Å². The molecule has 1 N–H and O–H groups in total. The molecule has 8 heteroatoms. The largest absolute Gasteiger partial charge is 0.493 e. The van der Waals surface area contributed by atoms with E-state index in [1.807, 2.05) is 65.0 Å². The Morgan fingerprint density at radius 1 is 1.03 bits per heavy atom. The summed E-state index contributed by atoms with van der Waals surface area (Å²) in [5.74, 6) is 1.07. The van der Waals surface area contributed by atoms with E-state index in [0.29, 0.717) is 55.3 Å². The van der Waals surface area contributed by atoms with Gasteiger partial charge < -0.3 is 28.7 Å². The van der Waals surface area contributed by atoms with Gasteiger partial charge in [0.2, 0.25) is 5.91 Å². The summed E-state index contributed by atoms with van der Waals surface area (Å²) >= 11 is 0. The van der Waals surface area contributed by atoms with E-state index in [1.54, 1.807) is 14.2 Å². The van der Waals surface area contributed by atoms with Crippen molar-refractivity contribution in [2.24, 2.45) is 13.0 Å². The van der Waals surface area contributed by atoms with E-state index in [4.69, 9.17) is 13.9 Å². The van der Waals surface area contributed by atoms with Crippen molar-refractivity contribution in [2.75, 3.05) is 27.3 Å². The zero-order valence-electron chi connectivity index (χ0n) is 20.2. The molecule has 0 spiro atoms. The second-order valence-corrected chi connectivity index (χ2v) is 8.84. The number of benzene rings is 2. The number of aromatic nitrogens is 1. The number of rotatable bonds is 6. The van der Waals surface area contributed by atoms with E-state index in [0.717, 1.165) is 22.0 Å². The van der Waals surface area contributed by atoms with Gasteiger partial charge in [0.15, 0.2) is 17.1 Å². The van der Waals surface area contributed by atoms with Crippen LogP contribution in [0.4, 0.5) is 0 Å². The minimum atomic E-state index is -0.135. The van der Waals surface area contributed by atoms with E-state index in [1.165, 1.54) is 0 Å². The van der Waals surface area contributed by atoms with Gasteiger partial charge in [-0.25, -0.2) is 0 Å². The van der Waals surface area contributed by atoms with Gasteiger partial charge in [0.05, 0.1) is 19.7 Å². The summed E-state index contributed by atoms with van der Waals surface area (Å²) in [6.45, 7) is 1.42. The van der Waals surface area contributed by atoms with Gasteiger partial charge in [-0.15, -0.1) is 0 Å². The van der Waals surface area contributed by atoms with E-state index >= 15 is 0 Å². The van der Waals surface area contributed by atoms with Gasteiger partial charge in [-0.2, -0.15) is 0 Å². The zero-order valence-corrected chi connectivity index (χ0v) is 20.2. The third-order valence-electron chi connectivity index (χ3n) is 6.87. The van der Waals surface area contributed by atoms with Crippen molar-refractivity contribution in [1.29, 1.82) is 0 Å². The molecular formula is C27H29N3O5. The number of carbonyl (C=O) groups excluding carboxylic acids is 2. The summed E-state index contributed by atoms with van der Waals surface area (Å²) in [6, 6.07) is 15.2. The number of furan rings is 1. The quantitative estimate of drug-likeness (QED) is 0.454. The van der Waals surface area contributed by atoms with E-state index in [2.05, 4.69) is 5.32 Å². The molecule has 0 bridgehead atoms. The molecule has 0 unspecified atom stereocenters. The van der Waals surface area contributed by atoms with Crippen LogP contribution in [-0.2, 0) is 18.4 Å². The van der Waals surface area contributed by atoms with Crippen molar-refractivity contribution in [3.05, 3.63) is 59.8 Å². The second-order valence-electron chi connectivity index (χ2n) is 8.84. The van der Waals surface area contributed by atoms with Crippen LogP contribution < -0.4 is 14.8 Å². The highest BCUT2D eigenvalue weighted by atomic mass is 16.5. The summed E-state index contributed by atoms with van der Waals surface area (Å²) < 4.78 is 18.6. The molecule has 8 nitrogen and oxygen atoms in total. The van der Waals surface area contributed by atoms with Gasteiger partial charge in [0, 0.05) is 49.6 Å². The van der Waals surface area contributed by atoms with Crippen LogP contribution in [0, 0.1) is 5.92 Å². The number of methoxy groups -OCH3 is 2. The highest BCUT2D eigenvalue weighted by Gasteiger charge is 2.30. The summed E-state index contributed by atoms with van der Waals surface area (Å²) in [5.41, 5.74) is 3.89. The predicted molar refractivity (Wildman–Crippen MR) is 133 cm³/mol. The predicted octanol–water partition coefficient (Wildman–Crippen LogP) is 4.11. The zero-order chi connectivity index (χ0) is 24.5. The minimum absolute atomic E-state index is 0.00942. The van der Waals surface area contributed by atoms with E-state index < -0.39 is 0 Å². The highest BCUT2D eigenvalue weighted by Crippen LogP contribution is 2.32. The molecule has 1 aliphatic heterocycles. The smallest absolute Gasteiger partial charge is 0.270 e. The average molecular weight is 476 g/mol. The van der Waals surface area contributed by atoms with Crippen LogP contribution in [0.15, 0.2) is 52.9 Å². The Kier molecular flexibility index (Phi) is 6.11. The van der Waals surface area contributed by atoms with Crippen LogP contribution in [0.25, 0.3) is 22.1 Å². The van der Waals surface area contributed by atoms with Crippen molar-refractivity contribution < 1.29 is 23.5 Å². The standard InChI is InChI=1S/C27H29N3O5/c1-29-20(15-23-24(29)19-8-4-5-9-21(19)35-23)27(32)30-13-11-17(12-14-30)26(31)28-16-18-7-6-10-22(33-2)25(18)34-3/h4-10,15,17H,11-14,16H2,1-3H3,(H,28,31). The molecule has 2 aromatic heterocycles. The highest BCUT2D eigenvalue weighted by molar-refractivity contribution is 6.07. The summed E-state index contributed by atoms with van der Waals surface area (Å²) in [6.07, 6.45) is 1.24. The lowest BCUT2D eigenvalue weighted by molar-refractivity contribution is -0.126. The SMILES string of the molecule is COc1cccc(CNC(=O)C2CCN(C(=O)c3cc4oc5ccccc5c4n3C)CC2)c1OC. The summed E-state index contributed by atoms with van der Waals surface area (Å²) in [4.78, 5) is 27.9. The van der Waals surface area contributed by atoms with Crippen LogP contribution in [-0.4, -0.2) is 48.6 Å². The van der Waals surface area contributed by atoms with Crippen molar-refractivity contribution >= 4 is 33.9 Å². The Bertz CT molecular complexity index is 1390. The van der Waals surface area contributed by atoms with Crippen molar-refractivity contribution in [3.8, 4) is 11.5 Å². The van der Waals surface area contributed by atoms with Gasteiger partial charge in [-0.1, -0.05) is 24.3 Å². The Balaban J connectivity index is 1.22. The first-order valence-corrected chi connectivity index (χ1v) is 11.8. The molecule has 1 fully saturated rings. The molecule has 0 aliphatic carbocycles. The third kappa shape index (κ3) is 4.09. The number of nitrogens with one attached hydrogen (secondary N) is 1. The number of hydrogen-bond donors (Lipinski definition) is 1. The molecule has 35 heavy (non-hydrogen) atoms. The maximum Gasteiger partial charge on any atom is 0.270 e. The minimum Gasteiger partial charge on any atom is -0.493 e. The molecule has 2 aromatic carbocycles. The van der Waals surface area contributed by atoms with Gasteiger partial charge >= 0.3 is 0 Å². The topological polar surface area (TPSA) is 85.9 Å². The molecule has 0 saturated carbocycles. The Morgan fingerprint density at radius 3 is 2.54 bits per heavy atom. The fraction of sp³-hybridized carbons (Fsp3) is 0.333. The molecular weight excluding hydrogens is 446 g/mol. The van der Waals surface area contributed by atoms with Crippen molar-refractivity contribution in [1.82, 2.24) is 14.8 Å². The lowest BCUT2D eigenvalue weighted by Crippen LogP contribution is -2.43. The summed E-state index contributed by atoms with van der Waals surface area (Å²) in [7, 11) is 5.07. The number of hydrogen-bond acceptors (Lipinski definition) is 5. The van der Waals surface area contributed by atoms with Crippen molar-refractivity contribution in [2.45, 2.75) is 19.4 Å². The van der Waals surface area contributed by atoms with Crippen LogP contribution in [0.2, 0.25) is 0 Å². The normalized spacial score (nSPS) is 14.4. The molecule has 4 aromatic rings. The number of nitrogens with zero attached hydrogens (tertiary/aromatic N) is 2. The maximum absolute atomic E-state index is 13.3. The van der Waals surface area contributed by atoms with Crippen LogP contribution in [0.1, 0.15) is 28.9 Å². The van der Waals surface area contributed by atoms with Gasteiger partial charge in [-0.3, -0.25) is 9.59 Å². The molecule has 3 heterocycles. The monoisotopic (exact) mass is 475 g/mol. The Morgan fingerprint density at radius 2 is 1.80 bits per heavy atom. The number of fused-ring (bicyclic) bond motifs is 3. The molecule has 2 amide bonds. The van der Waals surface area contributed by atoms with E-state index in [-0.39, 0.29) is 17.7 Å². The second kappa shape index (κ2) is 9.37. The van der Waals surface area contributed by atoms with Gasteiger partial charge in [0.1, 0.15) is 11.3 Å². The maximum atomic E-state index is 13.3. The third-order valence-corrected chi connectivity index (χ3v) is 6.87. The first kappa shape index (κ1) is 22.8. The number of piperidine rings is 1. The van der Waals surface area contributed by atoms with Crippen molar-refractivity contribution in [3.63, 3.8) is 0 Å². The first-order valence-electron chi connectivity index (χ1n) is 11.8. The summed E-state index contributed by atoms with van der Waals surface area (Å²) in [5, 5.41) is 4.01. The molecule has 1 aliphatic rings. The molecule has 5 rings (SSSR count). The Labute approximate surface area is 203 Å². The number of carbonyl (C=O) groups is 2. The number of aryl methyl sites for hydroxylation is 1. The number of amides is 2. The van der Waals surface area contributed by atoms with Crippen LogP contribution in [0.5, 0.6) is 11.5 Å². The number of likely N-dealkylation sites (tertiary alicyclic amines) is 1. The van der Waals surface area contributed by atoms with E-state index in [9.17, 15) is 9.59 Å². The lowest BCUT2D eigenvalue weighted by Gasteiger charge is -2.31. The Hall–Kier alpha value is -3.94. The first-order chi connectivity index (χ1) is 17.0.